The van der Waals surface area contributed by atoms with Gasteiger partial charge in [-0.3, -0.25) is 0 Å². The third-order valence-electron chi connectivity index (χ3n) is 1.52. The Bertz CT molecular complexity index is 248. The summed E-state index contributed by atoms with van der Waals surface area (Å²) in [7, 11) is 0. The van der Waals surface area contributed by atoms with Gasteiger partial charge in [0.2, 0.25) is 0 Å². The Hall–Kier alpha value is -1.18. The summed E-state index contributed by atoms with van der Waals surface area (Å²) in [6.07, 6.45) is 0. The van der Waals surface area contributed by atoms with Crippen LogP contribution in [-0.2, 0) is 0 Å². The first kappa shape index (κ1) is 8.91. The van der Waals surface area contributed by atoms with Gasteiger partial charge in [-0.15, -0.1) is 0 Å². The number of benzene rings is 1. The topological polar surface area (TPSA) is 32.3 Å². The van der Waals surface area contributed by atoms with Crippen molar-refractivity contribution in [3.63, 3.8) is 0 Å². The minimum absolute atomic E-state index is 0.318. The van der Waals surface area contributed by atoms with Crippen LogP contribution < -0.4 is 5.32 Å². The van der Waals surface area contributed by atoms with Crippen molar-refractivity contribution in [2.24, 2.45) is 0 Å². The van der Waals surface area contributed by atoms with E-state index in [-0.39, 0.29) is 0 Å². The molecular weight excluding hydrogens is 150 g/mol. The van der Waals surface area contributed by atoms with E-state index in [2.05, 4.69) is 19.2 Å². The van der Waals surface area contributed by atoms with E-state index in [1.54, 1.807) is 12.1 Å². The number of nitrogens with one attached hydrogen (secondary N) is 1. The molecule has 2 N–H and O–H groups in total. The lowest BCUT2D eigenvalue weighted by molar-refractivity contribution is 0.475. The van der Waals surface area contributed by atoms with Crippen molar-refractivity contribution in [2.75, 3.05) is 5.32 Å². The van der Waals surface area contributed by atoms with Gasteiger partial charge < -0.3 is 10.4 Å². The standard InChI is InChI=1S/C10H15NO/c1-7(2)11-9-4-8(3)5-10(12)6-9/h4-7,11-12H,1-3H3. The summed E-state index contributed by atoms with van der Waals surface area (Å²) in [5.41, 5.74) is 2.04. The lowest BCUT2D eigenvalue weighted by atomic mass is 10.2. The highest BCUT2D eigenvalue weighted by Crippen LogP contribution is 2.19. The average molecular weight is 165 g/mol. The number of aryl methyl sites for hydroxylation is 1. The maximum atomic E-state index is 9.27. The molecule has 0 radical (unpaired) electrons. The molecule has 0 atom stereocenters. The van der Waals surface area contributed by atoms with Crippen molar-refractivity contribution in [2.45, 2.75) is 26.8 Å². The minimum atomic E-state index is 0.318. The third kappa shape index (κ3) is 2.46. The Morgan fingerprint density at radius 2 is 1.92 bits per heavy atom. The highest BCUT2D eigenvalue weighted by Gasteiger charge is 1.97. The molecule has 0 unspecified atom stereocenters. The van der Waals surface area contributed by atoms with Crippen LogP contribution >= 0.6 is 0 Å². The Kier molecular flexibility index (Phi) is 2.58. The van der Waals surface area contributed by atoms with Gasteiger partial charge in [0.25, 0.3) is 0 Å². The quantitative estimate of drug-likeness (QED) is 0.705. The molecule has 1 aromatic carbocycles. The number of aromatic hydroxyl groups is 1. The molecule has 66 valence electrons. The number of phenolic OH excluding ortho intramolecular Hbond substituents is 1. The molecule has 0 aliphatic rings. The molecule has 0 bridgehead atoms. The van der Waals surface area contributed by atoms with E-state index >= 15 is 0 Å². The summed E-state index contributed by atoms with van der Waals surface area (Å²) < 4.78 is 0. The highest BCUT2D eigenvalue weighted by molar-refractivity contribution is 5.50. The monoisotopic (exact) mass is 165 g/mol. The number of hydrogen-bond acceptors (Lipinski definition) is 2. The van der Waals surface area contributed by atoms with E-state index in [0.29, 0.717) is 11.8 Å². The molecule has 0 saturated carbocycles. The molecule has 2 heteroatoms. The normalized spacial score (nSPS) is 10.3. The summed E-state index contributed by atoms with van der Waals surface area (Å²) in [5, 5.41) is 12.5. The van der Waals surface area contributed by atoms with E-state index < -0.39 is 0 Å². The van der Waals surface area contributed by atoms with Crippen LogP contribution in [0.5, 0.6) is 5.75 Å². The van der Waals surface area contributed by atoms with Crippen molar-refractivity contribution >= 4 is 5.69 Å². The predicted molar refractivity (Wildman–Crippen MR) is 51.6 cm³/mol. The first-order valence-electron chi connectivity index (χ1n) is 4.15. The fraction of sp³-hybridized carbons (Fsp3) is 0.400. The van der Waals surface area contributed by atoms with Crippen molar-refractivity contribution in [3.05, 3.63) is 23.8 Å². The molecule has 0 aromatic heterocycles. The SMILES string of the molecule is Cc1cc(O)cc(NC(C)C)c1. The number of rotatable bonds is 2. The molecule has 0 aliphatic carbocycles. The molecule has 0 spiro atoms. The van der Waals surface area contributed by atoms with E-state index in [1.165, 1.54) is 0 Å². The molecule has 1 aromatic rings. The van der Waals surface area contributed by atoms with E-state index in [9.17, 15) is 5.11 Å². The number of anilines is 1. The van der Waals surface area contributed by atoms with Gasteiger partial charge in [0.1, 0.15) is 5.75 Å². The van der Waals surface area contributed by atoms with Crippen molar-refractivity contribution in [3.8, 4) is 5.75 Å². The van der Waals surface area contributed by atoms with Crippen molar-refractivity contribution in [1.29, 1.82) is 0 Å². The Balaban J connectivity index is 2.85. The fourth-order valence-corrected chi connectivity index (χ4v) is 1.18. The zero-order chi connectivity index (χ0) is 9.14. The van der Waals surface area contributed by atoms with Crippen LogP contribution in [0.4, 0.5) is 5.69 Å². The summed E-state index contributed by atoms with van der Waals surface area (Å²) in [4.78, 5) is 0. The van der Waals surface area contributed by atoms with Gasteiger partial charge >= 0.3 is 0 Å². The van der Waals surface area contributed by atoms with Crippen LogP contribution in [-0.4, -0.2) is 11.1 Å². The third-order valence-corrected chi connectivity index (χ3v) is 1.52. The van der Waals surface area contributed by atoms with Crippen LogP contribution in [0, 0.1) is 6.92 Å². The van der Waals surface area contributed by atoms with Gasteiger partial charge in [-0.2, -0.15) is 0 Å². The summed E-state index contributed by atoms with van der Waals surface area (Å²) in [6.45, 7) is 6.10. The van der Waals surface area contributed by atoms with Gasteiger partial charge in [0.05, 0.1) is 0 Å². The summed E-state index contributed by atoms with van der Waals surface area (Å²) >= 11 is 0. The summed E-state index contributed by atoms with van der Waals surface area (Å²) in [6, 6.07) is 5.88. The van der Waals surface area contributed by atoms with Gasteiger partial charge in [-0.1, -0.05) is 0 Å². The second kappa shape index (κ2) is 3.48. The van der Waals surface area contributed by atoms with E-state index in [4.69, 9.17) is 0 Å². The smallest absolute Gasteiger partial charge is 0.117 e. The molecule has 2 nitrogen and oxygen atoms in total. The molecule has 12 heavy (non-hydrogen) atoms. The molecule has 0 aliphatic heterocycles. The van der Waals surface area contributed by atoms with Gasteiger partial charge in [-0.25, -0.2) is 0 Å². The van der Waals surface area contributed by atoms with Gasteiger partial charge in [0, 0.05) is 17.8 Å². The van der Waals surface area contributed by atoms with Crippen LogP contribution in [0.1, 0.15) is 19.4 Å². The number of phenols is 1. The van der Waals surface area contributed by atoms with Crippen molar-refractivity contribution < 1.29 is 5.11 Å². The largest absolute Gasteiger partial charge is 0.508 e. The molecular formula is C10H15NO. The maximum absolute atomic E-state index is 9.27. The number of hydrogen-bond donors (Lipinski definition) is 2. The Labute approximate surface area is 73.2 Å². The van der Waals surface area contributed by atoms with E-state index in [0.717, 1.165) is 11.3 Å². The molecule has 0 saturated heterocycles. The molecule has 0 fully saturated rings. The second-order valence-electron chi connectivity index (χ2n) is 3.36. The lowest BCUT2D eigenvalue weighted by Gasteiger charge is -2.10. The molecule has 0 amide bonds. The average Bonchev–Trinajstić information content (AvgIpc) is 1.81. The van der Waals surface area contributed by atoms with Crippen molar-refractivity contribution in [1.82, 2.24) is 0 Å². The first-order chi connectivity index (χ1) is 5.58. The second-order valence-corrected chi connectivity index (χ2v) is 3.36. The van der Waals surface area contributed by atoms with Crippen LogP contribution in [0.15, 0.2) is 18.2 Å². The highest BCUT2D eigenvalue weighted by atomic mass is 16.3. The lowest BCUT2D eigenvalue weighted by Crippen LogP contribution is -2.09. The van der Waals surface area contributed by atoms with Crippen LogP contribution in [0.2, 0.25) is 0 Å². The Morgan fingerprint density at radius 1 is 1.25 bits per heavy atom. The van der Waals surface area contributed by atoms with Gasteiger partial charge in [-0.05, 0) is 38.5 Å². The van der Waals surface area contributed by atoms with Crippen LogP contribution in [0.25, 0.3) is 0 Å². The zero-order valence-electron chi connectivity index (χ0n) is 7.76. The zero-order valence-corrected chi connectivity index (χ0v) is 7.76. The molecule has 1 rings (SSSR count). The van der Waals surface area contributed by atoms with E-state index in [1.807, 2.05) is 13.0 Å². The fourth-order valence-electron chi connectivity index (χ4n) is 1.18. The minimum Gasteiger partial charge on any atom is -0.508 e. The van der Waals surface area contributed by atoms with Gasteiger partial charge in [0.15, 0.2) is 0 Å². The first-order valence-corrected chi connectivity index (χ1v) is 4.15. The summed E-state index contributed by atoms with van der Waals surface area (Å²) in [5.74, 6) is 0.318. The molecule has 0 heterocycles. The maximum Gasteiger partial charge on any atom is 0.117 e. The Morgan fingerprint density at radius 3 is 2.42 bits per heavy atom. The van der Waals surface area contributed by atoms with Crippen LogP contribution in [0.3, 0.4) is 0 Å². The predicted octanol–water partition coefficient (Wildman–Crippen LogP) is 2.52.